The maximum atomic E-state index is 13.5. The third-order valence-corrected chi connectivity index (χ3v) is 8.14. The zero-order chi connectivity index (χ0) is 28.1. The molecule has 0 unspecified atom stereocenters. The molecule has 0 aliphatic heterocycles. The highest BCUT2D eigenvalue weighted by Crippen LogP contribution is 2.32. The monoisotopic (exact) mass is 561 g/mol. The van der Waals surface area contributed by atoms with Crippen LogP contribution < -0.4 is 24.8 Å². The molecule has 208 valence electrons. The first kappa shape index (κ1) is 27.2. The molecule has 1 saturated carbocycles. The third kappa shape index (κ3) is 6.26. The van der Waals surface area contributed by atoms with E-state index >= 15 is 0 Å². The van der Waals surface area contributed by atoms with E-state index in [1.165, 1.54) is 12.1 Å². The quantitative estimate of drug-likeness (QED) is 0.237. The first-order valence-electron chi connectivity index (χ1n) is 13.1. The van der Waals surface area contributed by atoms with Gasteiger partial charge in [0.05, 0.1) is 30.1 Å². The number of carbonyl (C=O) groups is 1. The van der Waals surface area contributed by atoms with E-state index in [1.807, 2.05) is 6.07 Å². The Labute approximate surface area is 233 Å². The summed E-state index contributed by atoms with van der Waals surface area (Å²) in [6.07, 6.45) is 4.90. The highest BCUT2D eigenvalue weighted by Gasteiger charge is 2.23. The highest BCUT2D eigenvalue weighted by molar-refractivity contribution is 7.92. The molecule has 1 aliphatic rings. The van der Waals surface area contributed by atoms with Crippen molar-refractivity contribution in [1.82, 2.24) is 9.97 Å². The Morgan fingerprint density at radius 3 is 2.10 bits per heavy atom. The molecule has 10 nitrogen and oxygen atoms in total. The molecule has 40 heavy (non-hydrogen) atoms. The molecular formula is C29H31N5O5S. The number of ether oxygens (including phenoxy) is 2. The van der Waals surface area contributed by atoms with Gasteiger partial charge in [0.25, 0.3) is 10.0 Å². The minimum absolute atomic E-state index is 0.0112. The molecule has 5 rings (SSSR count). The Balaban J connectivity index is 1.45. The first-order valence-corrected chi connectivity index (χ1v) is 14.5. The van der Waals surface area contributed by atoms with Crippen LogP contribution in [0.5, 0.6) is 11.5 Å². The smallest absolute Gasteiger partial charge is 0.263 e. The molecule has 3 aromatic carbocycles. The predicted octanol–water partition coefficient (Wildman–Crippen LogP) is 5.71. The van der Waals surface area contributed by atoms with E-state index in [4.69, 9.17) is 9.47 Å². The zero-order valence-corrected chi connectivity index (χ0v) is 23.1. The minimum atomic E-state index is -4.10. The van der Waals surface area contributed by atoms with Crippen LogP contribution in [0, 0.1) is 5.92 Å². The fourth-order valence-electron chi connectivity index (χ4n) is 4.71. The van der Waals surface area contributed by atoms with Crippen LogP contribution in [-0.2, 0) is 14.8 Å². The summed E-state index contributed by atoms with van der Waals surface area (Å²) in [4.78, 5) is 21.9. The van der Waals surface area contributed by atoms with Crippen LogP contribution in [0.15, 0.2) is 71.6 Å². The summed E-state index contributed by atoms with van der Waals surface area (Å²) >= 11 is 0. The number of hydrogen-bond acceptors (Lipinski definition) is 8. The molecule has 4 aromatic rings. The number of rotatable bonds is 9. The lowest BCUT2D eigenvalue weighted by atomic mass is 9.88. The SMILES string of the molecule is COc1cc(Nc2nc3ccccc3nc2NS(=O)(=O)c2cccc(NC(=O)C3CCCCC3)c2)cc(OC)c1. The van der Waals surface area contributed by atoms with Gasteiger partial charge in [0, 0.05) is 35.5 Å². The summed E-state index contributed by atoms with van der Waals surface area (Å²) in [5.41, 5.74) is 2.08. The number of nitrogens with one attached hydrogen (secondary N) is 3. The zero-order valence-electron chi connectivity index (χ0n) is 22.3. The molecule has 1 aromatic heterocycles. The van der Waals surface area contributed by atoms with Gasteiger partial charge >= 0.3 is 0 Å². The van der Waals surface area contributed by atoms with Gasteiger partial charge in [-0.3, -0.25) is 9.52 Å². The van der Waals surface area contributed by atoms with Gasteiger partial charge in [0.15, 0.2) is 11.6 Å². The number of amides is 1. The number of fused-ring (bicyclic) bond motifs is 1. The second-order valence-corrected chi connectivity index (χ2v) is 11.3. The van der Waals surface area contributed by atoms with Crippen LogP contribution in [0.4, 0.5) is 23.0 Å². The lowest BCUT2D eigenvalue weighted by Crippen LogP contribution is -2.25. The van der Waals surface area contributed by atoms with Crippen molar-refractivity contribution in [3.05, 3.63) is 66.7 Å². The summed E-state index contributed by atoms with van der Waals surface area (Å²) < 4.78 is 40.3. The number of methoxy groups -OCH3 is 2. The largest absolute Gasteiger partial charge is 0.497 e. The maximum Gasteiger partial charge on any atom is 0.263 e. The second-order valence-electron chi connectivity index (χ2n) is 9.59. The van der Waals surface area contributed by atoms with Gasteiger partial charge in [-0.2, -0.15) is 0 Å². The van der Waals surface area contributed by atoms with Gasteiger partial charge in [-0.15, -0.1) is 0 Å². The van der Waals surface area contributed by atoms with Gasteiger partial charge in [0.1, 0.15) is 11.5 Å². The van der Waals surface area contributed by atoms with Crippen molar-refractivity contribution in [2.75, 3.05) is 29.6 Å². The van der Waals surface area contributed by atoms with E-state index in [2.05, 4.69) is 25.3 Å². The normalized spacial score (nSPS) is 13.9. The van der Waals surface area contributed by atoms with Crippen molar-refractivity contribution in [2.24, 2.45) is 5.92 Å². The van der Waals surface area contributed by atoms with Crippen LogP contribution in [0.25, 0.3) is 11.0 Å². The van der Waals surface area contributed by atoms with Crippen molar-refractivity contribution >= 4 is 50.0 Å². The summed E-state index contributed by atoms with van der Waals surface area (Å²) in [6.45, 7) is 0. The highest BCUT2D eigenvalue weighted by atomic mass is 32.2. The van der Waals surface area contributed by atoms with E-state index in [9.17, 15) is 13.2 Å². The first-order chi connectivity index (χ1) is 19.3. The average Bonchev–Trinajstić information content (AvgIpc) is 2.97. The van der Waals surface area contributed by atoms with Crippen LogP contribution in [0.1, 0.15) is 32.1 Å². The van der Waals surface area contributed by atoms with Crippen molar-refractivity contribution in [3.63, 3.8) is 0 Å². The number of anilines is 4. The van der Waals surface area contributed by atoms with Crippen molar-refractivity contribution in [1.29, 1.82) is 0 Å². The van der Waals surface area contributed by atoms with Crippen molar-refractivity contribution in [2.45, 2.75) is 37.0 Å². The van der Waals surface area contributed by atoms with Crippen LogP contribution >= 0.6 is 0 Å². The number of carbonyl (C=O) groups excluding carboxylic acids is 1. The Hall–Kier alpha value is -4.38. The van der Waals surface area contributed by atoms with E-state index in [0.717, 1.165) is 32.1 Å². The molecule has 0 bridgehead atoms. The summed E-state index contributed by atoms with van der Waals surface area (Å²) in [5.74, 6) is 1.16. The molecule has 1 fully saturated rings. The standard InChI is InChI=1S/C29H31N5O5S/c1-38-22-15-21(16-23(18-22)39-2)30-27-28(33-26-14-7-6-13-25(26)32-27)34-40(36,37)24-12-8-11-20(17-24)31-29(35)19-9-4-3-5-10-19/h6-8,11-19H,3-5,9-10H2,1-2H3,(H,30,32)(H,31,35)(H,33,34). The van der Waals surface area contributed by atoms with Crippen LogP contribution in [0.2, 0.25) is 0 Å². The lowest BCUT2D eigenvalue weighted by Gasteiger charge is -2.21. The minimum Gasteiger partial charge on any atom is -0.497 e. The van der Waals surface area contributed by atoms with Crippen molar-refractivity contribution in [3.8, 4) is 11.5 Å². The number of aromatic nitrogens is 2. The summed E-state index contributed by atoms with van der Waals surface area (Å²) in [5, 5.41) is 6.03. The van der Waals surface area contributed by atoms with E-state index in [1.54, 1.807) is 62.8 Å². The molecule has 0 saturated heterocycles. The Morgan fingerprint density at radius 1 is 0.800 bits per heavy atom. The van der Waals surface area contributed by atoms with Gasteiger partial charge in [-0.05, 0) is 43.2 Å². The topological polar surface area (TPSA) is 132 Å². The van der Waals surface area contributed by atoms with Gasteiger partial charge in [0.2, 0.25) is 5.91 Å². The van der Waals surface area contributed by atoms with Crippen molar-refractivity contribution < 1.29 is 22.7 Å². The summed E-state index contributed by atoms with van der Waals surface area (Å²) in [6, 6.07) is 18.5. The van der Waals surface area contributed by atoms with Gasteiger partial charge < -0.3 is 20.1 Å². The van der Waals surface area contributed by atoms with Gasteiger partial charge in [-0.1, -0.05) is 37.5 Å². The predicted molar refractivity (Wildman–Crippen MR) is 155 cm³/mol. The Morgan fingerprint density at radius 2 is 1.45 bits per heavy atom. The molecule has 0 radical (unpaired) electrons. The van der Waals surface area contributed by atoms with E-state index in [-0.39, 0.29) is 28.4 Å². The number of sulfonamides is 1. The number of para-hydroxylation sites is 2. The molecule has 3 N–H and O–H groups in total. The van der Waals surface area contributed by atoms with Gasteiger partial charge in [-0.25, -0.2) is 18.4 Å². The lowest BCUT2D eigenvalue weighted by molar-refractivity contribution is -0.120. The maximum absolute atomic E-state index is 13.5. The molecule has 1 heterocycles. The molecule has 11 heteroatoms. The van der Waals surface area contributed by atoms with E-state index in [0.29, 0.717) is 33.9 Å². The van der Waals surface area contributed by atoms with Crippen LogP contribution in [0.3, 0.4) is 0 Å². The molecule has 1 amide bonds. The molecule has 0 atom stereocenters. The molecule has 0 spiro atoms. The van der Waals surface area contributed by atoms with E-state index < -0.39 is 10.0 Å². The fourth-order valence-corrected chi connectivity index (χ4v) is 5.77. The fraction of sp³-hybridized carbons (Fsp3) is 0.276. The Bertz CT molecular complexity index is 1620. The molecule has 1 aliphatic carbocycles. The molecular weight excluding hydrogens is 530 g/mol. The number of benzene rings is 3. The average molecular weight is 562 g/mol. The number of hydrogen-bond donors (Lipinski definition) is 3. The third-order valence-electron chi connectivity index (χ3n) is 6.80. The van der Waals surface area contributed by atoms with Crippen LogP contribution in [-0.4, -0.2) is 38.5 Å². The number of nitrogens with zero attached hydrogens (tertiary/aromatic N) is 2. The Kier molecular flexibility index (Phi) is 8.01. The second kappa shape index (κ2) is 11.8. The summed E-state index contributed by atoms with van der Waals surface area (Å²) in [7, 11) is -1.02.